The van der Waals surface area contributed by atoms with Crippen LogP contribution < -0.4 is 21.1 Å². The maximum Gasteiger partial charge on any atom is 0.414 e. The number of carbonyl (C=O) groups is 2. The first kappa shape index (κ1) is 28.6. The number of hydrogen-bond acceptors (Lipinski definition) is 9. The van der Waals surface area contributed by atoms with Gasteiger partial charge < -0.3 is 29.4 Å². The highest BCUT2D eigenvalue weighted by atomic mass is 16.6. The Balaban J connectivity index is 1.53. The van der Waals surface area contributed by atoms with E-state index in [0.717, 1.165) is 25.7 Å². The van der Waals surface area contributed by atoms with Crippen LogP contribution in [0.4, 0.5) is 22.0 Å². The highest BCUT2D eigenvalue weighted by molar-refractivity contribution is 5.96. The predicted molar refractivity (Wildman–Crippen MR) is 152 cm³/mol. The minimum absolute atomic E-state index is 0.0358. The molecule has 2 fully saturated rings. The van der Waals surface area contributed by atoms with Crippen LogP contribution in [0.1, 0.15) is 63.0 Å². The number of rotatable bonds is 7. The first-order valence-electron chi connectivity index (χ1n) is 13.8. The number of carbonyl (C=O) groups excluding carboxylic acids is 2. The summed E-state index contributed by atoms with van der Waals surface area (Å²) in [4.78, 5) is 45.4. The number of nitrogens with zero attached hydrogens (tertiary/aromatic N) is 5. The van der Waals surface area contributed by atoms with Crippen molar-refractivity contribution in [3.63, 3.8) is 0 Å². The van der Waals surface area contributed by atoms with Crippen molar-refractivity contribution in [1.29, 1.82) is 0 Å². The molecule has 0 bridgehead atoms. The van der Waals surface area contributed by atoms with Crippen molar-refractivity contribution in [2.45, 2.75) is 70.2 Å². The number of fused-ring (bicyclic) bond motifs is 1. The maximum absolute atomic E-state index is 13.4. The molecule has 2 aliphatic rings. The van der Waals surface area contributed by atoms with Crippen molar-refractivity contribution in [2.75, 3.05) is 37.6 Å². The highest BCUT2D eigenvalue weighted by Gasteiger charge is 2.33. The number of methoxy groups -OCH3 is 1. The van der Waals surface area contributed by atoms with Crippen molar-refractivity contribution in [3.05, 3.63) is 46.6 Å². The molecule has 0 radical (unpaired) electrons. The standard InChI is InChI=1S/C28H37N7O6/c1-28(2,3)41-27(38)33(4)20-15-23(30-19-7-6-12-34(26(19)37)17-10-13-40-14-11-17)32-35-21(16-29-24(20)35)25(36)31-18-8-9-22(18)39-5/h6-7,12,15-18,22H,8-11,13-14H2,1-5H3,(H,30,32)(H,31,36)/t18?,22-/m1/s1. The molecule has 2 amide bonds. The molecule has 41 heavy (non-hydrogen) atoms. The van der Waals surface area contributed by atoms with Gasteiger partial charge in [0.05, 0.1) is 24.0 Å². The Morgan fingerprint density at radius 1 is 1.17 bits per heavy atom. The largest absolute Gasteiger partial charge is 0.443 e. The van der Waals surface area contributed by atoms with Gasteiger partial charge in [0.15, 0.2) is 17.2 Å². The molecule has 1 aliphatic carbocycles. The number of pyridine rings is 1. The van der Waals surface area contributed by atoms with E-state index < -0.39 is 11.7 Å². The Bertz CT molecular complexity index is 1490. The molecular formula is C28H37N7O6. The lowest BCUT2D eigenvalue weighted by molar-refractivity contribution is 0.00718. The van der Waals surface area contributed by atoms with Gasteiger partial charge in [0.1, 0.15) is 11.3 Å². The Morgan fingerprint density at radius 2 is 1.93 bits per heavy atom. The second-order valence-electron chi connectivity index (χ2n) is 11.4. The van der Waals surface area contributed by atoms with Gasteiger partial charge in [0.2, 0.25) is 0 Å². The van der Waals surface area contributed by atoms with E-state index in [9.17, 15) is 14.4 Å². The quantitative estimate of drug-likeness (QED) is 0.440. The van der Waals surface area contributed by atoms with Crippen molar-refractivity contribution in [2.24, 2.45) is 0 Å². The van der Waals surface area contributed by atoms with E-state index in [4.69, 9.17) is 14.2 Å². The molecule has 1 unspecified atom stereocenters. The summed E-state index contributed by atoms with van der Waals surface area (Å²) in [6, 6.07) is 4.99. The summed E-state index contributed by atoms with van der Waals surface area (Å²) in [5, 5.41) is 10.7. The third kappa shape index (κ3) is 6.05. The normalized spacial score (nSPS) is 19.4. The number of hydrogen-bond donors (Lipinski definition) is 2. The number of aromatic nitrogens is 4. The van der Waals surface area contributed by atoms with E-state index in [2.05, 4.69) is 20.7 Å². The molecule has 2 atom stereocenters. The zero-order valence-electron chi connectivity index (χ0n) is 24.0. The van der Waals surface area contributed by atoms with Crippen LogP contribution >= 0.6 is 0 Å². The van der Waals surface area contributed by atoms with Gasteiger partial charge in [-0.05, 0) is 58.6 Å². The Hall–Kier alpha value is -3.97. The Labute approximate surface area is 237 Å². The topological polar surface area (TPSA) is 141 Å². The molecule has 0 spiro atoms. The molecule has 13 heteroatoms. The van der Waals surface area contributed by atoms with Gasteiger partial charge in [-0.3, -0.25) is 14.5 Å². The van der Waals surface area contributed by atoms with Crippen LogP contribution in [0, 0.1) is 0 Å². The first-order chi connectivity index (χ1) is 19.6. The van der Waals surface area contributed by atoms with Gasteiger partial charge in [0.25, 0.3) is 11.5 Å². The molecule has 1 saturated carbocycles. The van der Waals surface area contributed by atoms with Crippen molar-refractivity contribution < 1.29 is 23.8 Å². The Kier molecular flexibility index (Phi) is 8.00. The zero-order valence-corrected chi connectivity index (χ0v) is 24.0. The molecule has 1 saturated heterocycles. The molecule has 220 valence electrons. The average molecular weight is 568 g/mol. The molecule has 1 aliphatic heterocycles. The van der Waals surface area contributed by atoms with Crippen LogP contribution in [-0.4, -0.2) is 76.3 Å². The number of amides is 2. The van der Waals surface area contributed by atoms with Gasteiger partial charge in [0, 0.05) is 45.7 Å². The first-order valence-corrected chi connectivity index (χ1v) is 13.8. The third-order valence-corrected chi connectivity index (χ3v) is 7.36. The van der Waals surface area contributed by atoms with Crippen molar-refractivity contribution in [1.82, 2.24) is 24.5 Å². The van der Waals surface area contributed by atoms with Gasteiger partial charge in [-0.25, -0.2) is 14.3 Å². The SMILES string of the molecule is CO[C@@H]1CCC1NC(=O)c1cnc2c(N(C)C(=O)OC(C)(C)C)cc(Nc3cccn(C4CCOCC4)c3=O)nn12. The molecule has 2 N–H and O–H groups in total. The second kappa shape index (κ2) is 11.5. The monoisotopic (exact) mass is 567 g/mol. The molecule has 13 nitrogen and oxygen atoms in total. The second-order valence-corrected chi connectivity index (χ2v) is 11.4. The summed E-state index contributed by atoms with van der Waals surface area (Å²) in [5.74, 6) is -0.128. The summed E-state index contributed by atoms with van der Waals surface area (Å²) in [7, 11) is 3.18. The molecule has 0 aromatic carbocycles. The third-order valence-electron chi connectivity index (χ3n) is 7.36. The summed E-state index contributed by atoms with van der Waals surface area (Å²) < 4.78 is 19.5. The number of nitrogens with one attached hydrogen (secondary N) is 2. The lowest BCUT2D eigenvalue weighted by Gasteiger charge is -2.35. The fraction of sp³-hybridized carbons (Fsp3) is 0.536. The van der Waals surface area contributed by atoms with Crippen molar-refractivity contribution >= 4 is 34.8 Å². The minimum atomic E-state index is -0.726. The lowest BCUT2D eigenvalue weighted by Crippen LogP contribution is -2.51. The summed E-state index contributed by atoms with van der Waals surface area (Å²) in [6.07, 6.45) is 5.70. The Morgan fingerprint density at radius 3 is 2.59 bits per heavy atom. The van der Waals surface area contributed by atoms with E-state index >= 15 is 0 Å². The van der Waals surface area contributed by atoms with Gasteiger partial charge >= 0.3 is 6.09 Å². The minimum Gasteiger partial charge on any atom is -0.443 e. The van der Waals surface area contributed by atoms with E-state index in [-0.39, 0.29) is 46.8 Å². The number of ether oxygens (including phenoxy) is 3. The number of imidazole rings is 1. The fourth-order valence-corrected chi connectivity index (χ4v) is 5.00. The molecule has 3 aromatic heterocycles. The van der Waals surface area contributed by atoms with Gasteiger partial charge in [-0.2, -0.15) is 0 Å². The zero-order chi connectivity index (χ0) is 29.3. The molecule has 3 aromatic rings. The van der Waals surface area contributed by atoms with Gasteiger partial charge in [-0.1, -0.05) is 0 Å². The molecular weight excluding hydrogens is 530 g/mol. The van der Waals surface area contributed by atoms with Crippen LogP contribution in [-0.2, 0) is 14.2 Å². The summed E-state index contributed by atoms with van der Waals surface area (Å²) in [6.45, 7) is 6.53. The number of anilines is 3. The molecule has 4 heterocycles. The van der Waals surface area contributed by atoms with Crippen LogP contribution in [0.5, 0.6) is 0 Å². The van der Waals surface area contributed by atoms with E-state index in [1.165, 1.54) is 15.6 Å². The highest BCUT2D eigenvalue weighted by Crippen LogP contribution is 2.28. The van der Waals surface area contributed by atoms with Crippen LogP contribution in [0.25, 0.3) is 5.65 Å². The molecule has 5 rings (SSSR count). The summed E-state index contributed by atoms with van der Waals surface area (Å²) >= 11 is 0. The van der Waals surface area contributed by atoms with E-state index in [0.29, 0.717) is 24.6 Å². The maximum atomic E-state index is 13.4. The average Bonchev–Trinajstić information content (AvgIpc) is 3.35. The predicted octanol–water partition coefficient (Wildman–Crippen LogP) is 3.26. The fourth-order valence-electron chi connectivity index (χ4n) is 5.00. The van der Waals surface area contributed by atoms with Crippen LogP contribution in [0.15, 0.2) is 35.4 Å². The van der Waals surface area contributed by atoms with E-state index in [1.54, 1.807) is 63.9 Å². The van der Waals surface area contributed by atoms with Crippen LogP contribution in [0.3, 0.4) is 0 Å². The van der Waals surface area contributed by atoms with Crippen molar-refractivity contribution in [3.8, 4) is 0 Å². The van der Waals surface area contributed by atoms with Gasteiger partial charge in [-0.15, -0.1) is 5.10 Å². The van der Waals surface area contributed by atoms with E-state index in [1.807, 2.05) is 0 Å². The lowest BCUT2D eigenvalue weighted by atomic mass is 9.89. The summed E-state index contributed by atoms with van der Waals surface area (Å²) in [5.41, 5.74) is 0.170. The van der Waals surface area contributed by atoms with Crippen LogP contribution in [0.2, 0.25) is 0 Å². The smallest absolute Gasteiger partial charge is 0.414 e.